The molecule has 0 saturated heterocycles. The van der Waals surface area contributed by atoms with Gasteiger partial charge in [0, 0.05) is 23.6 Å². The summed E-state index contributed by atoms with van der Waals surface area (Å²) >= 11 is 5.98. The fourth-order valence-electron chi connectivity index (χ4n) is 3.89. The van der Waals surface area contributed by atoms with Crippen LogP contribution in [-0.4, -0.2) is 15.6 Å². The van der Waals surface area contributed by atoms with Crippen molar-refractivity contribution >= 4 is 23.0 Å². The van der Waals surface area contributed by atoms with Crippen LogP contribution in [0.5, 0.6) is 5.75 Å². The first-order valence-electron chi connectivity index (χ1n) is 9.32. The predicted octanol–water partition coefficient (Wildman–Crippen LogP) is 5.63. The summed E-state index contributed by atoms with van der Waals surface area (Å²) in [5.41, 5.74) is 3.00. The molecule has 2 aliphatic heterocycles. The van der Waals surface area contributed by atoms with Crippen molar-refractivity contribution < 1.29 is 14.1 Å². The maximum Gasteiger partial charge on any atom is 0.288 e. The molecule has 2 aliphatic rings. The highest BCUT2D eigenvalue weighted by atomic mass is 35.5. The molecule has 0 spiro atoms. The molecule has 2 heterocycles. The molecule has 5 rings (SSSR count). The average molecular weight is 424 g/mol. The van der Waals surface area contributed by atoms with Crippen LogP contribution in [0.3, 0.4) is 0 Å². The lowest BCUT2D eigenvalue weighted by atomic mass is 9.96. The normalized spacial score (nSPS) is 19.5. The summed E-state index contributed by atoms with van der Waals surface area (Å²) in [5, 5.41) is 18.0. The van der Waals surface area contributed by atoms with E-state index in [0.29, 0.717) is 17.7 Å². The Bertz CT molecular complexity index is 1180. The topological polar surface area (TPSA) is 68.0 Å². The van der Waals surface area contributed by atoms with Crippen molar-refractivity contribution in [2.45, 2.75) is 18.7 Å². The van der Waals surface area contributed by atoms with Crippen LogP contribution in [0, 0.1) is 15.9 Å². The fraction of sp³-hybridized carbons (Fsp3) is 0.136. The summed E-state index contributed by atoms with van der Waals surface area (Å²) in [7, 11) is 0. The van der Waals surface area contributed by atoms with Gasteiger partial charge in [0.15, 0.2) is 0 Å². The number of rotatable bonds is 3. The minimum atomic E-state index is -0.654. The van der Waals surface area contributed by atoms with Gasteiger partial charge in [-0.3, -0.25) is 10.1 Å². The molecule has 0 fully saturated rings. The van der Waals surface area contributed by atoms with E-state index in [-0.39, 0.29) is 22.6 Å². The van der Waals surface area contributed by atoms with Crippen molar-refractivity contribution in [3.05, 3.63) is 104 Å². The summed E-state index contributed by atoms with van der Waals surface area (Å²) in [6.45, 7) is 0. The molecule has 8 heteroatoms. The van der Waals surface area contributed by atoms with E-state index in [1.165, 1.54) is 24.3 Å². The lowest BCUT2D eigenvalue weighted by molar-refractivity contribution is -0.384. The Kier molecular flexibility index (Phi) is 4.40. The second-order valence-electron chi connectivity index (χ2n) is 7.13. The SMILES string of the molecule is O=[N+]([O-])c1cc([C@H]2Oc3ccccc3[C@@H]3CC(c4ccc(F)cc4)=NN23)ccc1Cl. The number of nitro benzene ring substituents is 1. The first kappa shape index (κ1) is 18.6. The highest BCUT2D eigenvalue weighted by molar-refractivity contribution is 6.32. The zero-order valence-electron chi connectivity index (χ0n) is 15.5. The second-order valence-corrected chi connectivity index (χ2v) is 7.54. The van der Waals surface area contributed by atoms with E-state index in [0.717, 1.165) is 16.8 Å². The van der Waals surface area contributed by atoms with Crippen molar-refractivity contribution in [2.24, 2.45) is 5.10 Å². The fourth-order valence-corrected chi connectivity index (χ4v) is 4.08. The van der Waals surface area contributed by atoms with Crippen LogP contribution in [0.1, 0.15) is 35.4 Å². The van der Waals surface area contributed by atoms with Gasteiger partial charge in [-0.05, 0) is 29.8 Å². The molecule has 0 amide bonds. The Morgan fingerprint density at radius 3 is 2.67 bits per heavy atom. The summed E-state index contributed by atoms with van der Waals surface area (Å²) in [5.74, 6) is 0.395. The Hall–Kier alpha value is -3.45. The third-order valence-electron chi connectivity index (χ3n) is 5.33. The van der Waals surface area contributed by atoms with E-state index in [1.54, 1.807) is 18.2 Å². The summed E-state index contributed by atoms with van der Waals surface area (Å²) in [6, 6.07) is 18.4. The number of fused-ring (bicyclic) bond motifs is 3. The Morgan fingerprint density at radius 2 is 1.90 bits per heavy atom. The summed E-state index contributed by atoms with van der Waals surface area (Å²) < 4.78 is 19.6. The standard InChI is InChI=1S/C22H15ClFN3O3/c23-17-10-7-14(11-20(17)27(28)29)22-26-19(16-3-1-2-4-21(16)30-22)12-18(25-26)13-5-8-15(24)9-6-13/h1-11,19,22H,12H2/t19-,22+/m0/s1. The molecule has 150 valence electrons. The lowest BCUT2D eigenvalue weighted by Gasteiger charge is -2.38. The molecule has 0 aromatic heterocycles. The molecular weight excluding hydrogens is 409 g/mol. The molecule has 30 heavy (non-hydrogen) atoms. The average Bonchev–Trinajstić information content (AvgIpc) is 3.19. The van der Waals surface area contributed by atoms with Crippen LogP contribution in [0.2, 0.25) is 5.02 Å². The van der Waals surface area contributed by atoms with Gasteiger partial charge in [-0.15, -0.1) is 0 Å². The van der Waals surface area contributed by atoms with Gasteiger partial charge in [0.1, 0.15) is 16.6 Å². The molecular formula is C22H15ClFN3O3. The van der Waals surface area contributed by atoms with Crippen molar-refractivity contribution in [1.29, 1.82) is 0 Å². The number of hydrogen-bond acceptors (Lipinski definition) is 5. The Labute approximate surface area is 176 Å². The van der Waals surface area contributed by atoms with E-state index in [9.17, 15) is 14.5 Å². The largest absolute Gasteiger partial charge is 0.464 e. The molecule has 0 aliphatic carbocycles. The van der Waals surface area contributed by atoms with E-state index in [1.807, 2.05) is 29.3 Å². The molecule has 0 unspecified atom stereocenters. The first-order valence-corrected chi connectivity index (χ1v) is 9.70. The van der Waals surface area contributed by atoms with E-state index < -0.39 is 11.2 Å². The molecule has 2 atom stereocenters. The molecule has 0 saturated carbocycles. The van der Waals surface area contributed by atoms with E-state index >= 15 is 0 Å². The number of halogens is 2. The maximum absolute atomic E-state index is 13.3. The summed E-state index contributed by atoms with van der Waals surface area (Å²) in [4.78, 5) is 10.8. The number of hydrazone groups is 1. The van der Waals surface area contributed by atoms with Gasteiger partial charge in [-0.1, -0.05) is 48.0 Å². The number of benzene rings is 3. The van der Waals surface area contributed by atoms with E-state index in [4.69, 9.17) is 21.4 Å². The molecule has 3 aromatic rings. The van der Waals surface area contributed by atoms with Gasteiger partial charge < -0.3 is 4.74 Å². The van der Waals surface area contributed by atoms with Crippen LogP contribution >= 0.6 is 11.6 Å². The molecule has 0 bridgehead atoms. The highest BCUT2D eigenvalue weighted by Crippen LogP contribution is 2.48. The Balaban J connectivity index is 1.60. The third kappa shape index (κ3) is 3.07. The van der Waals surface area contributed by atoms with Crippen LogP contribution < -0.4 is 4.74 Å². The second kappa shape index (κ2) is 7.11. The first-order chi connectivity index (χ1) is 14.5. The zero-order valence-corrected chi connectivity index (χ0v) is 16.3. The van der Waals surface area contributed by atoms with Gasteiger partial charge >= 0.3 is 0 Å². The van der Waals surface area contributed by atoms with Crippen LogP contribution in [0.15, 0.2) is 71.8 Å². The van der Waals surface area contributed by atoms with Crippen LogP contribution in [-0.2, 0) is 0 Å². The molecule has 6 nitrogen and oxygen atoms in total. The highest BCUT2D eigenvalue weighted by Gasteiger charge is 2.41. The number of ether oxygens (including phenoxy) is 1. The number of hydrogen-bond donors (Lipinski definition) is 0. The summed E-state index contributed by atoms with van der Waals surface area (Å²) in [6.07, 6.45) is -0.0446. The minimum Gasteiger partial charge on any atom is -0.464 e. The van der Waals surface area contributed by atoms with Gasteiger partial charge in [0.2, 0.25) is 6.23 Å². The van der Waals surface area contributed by atoms with Gasteiger partial charge in [-0.2, -0.15) is 5.10 Å². The Morgan fingerprint density at radius 1 is 1.13 bits per heavy atom. The molecule has 0 radical (unpaired) electrons. The van der Waals surface area contributed by atoms with Crippen molar-refractivity contribution in [1.82, 2.24) is 5.01 Å². The van der Waals surface area contributed by atoms with Crippen LogP contribution in [0.25, 0.3) is 0 Å². The van der Waals surface area contributed by atoms with Crippen LogP contribution in [0.4, 0.5) is 10.1 Å². The third-order valence-corrected chi connectivity index (χ3v) is 5.65. The van der Waals surface area contributed by atoms with Gasteiger partial charge in [0.25, 0.3) is 5.69 Å². The van der Waals surface area contributed by atoms with Gasteiger partial charge in [0.05, 0.1) is 16.7 Å². The molecule has 0 N–H and O–H groups in total. The molecule has 3 aromatic carbocycles. The number of nitro groups is 1. The minimum absolute atomic E-state index is 0.0634. The predicted molar refractivity (Wildman–Crippen MR) is 110 cm³/mol. The quantitative estimate of drug-likeness (QED) is 0.404. The monoisotopic (exact) mass is 423 g/mol. The van der Waals surface area contributed by atoms with Crippen molar-refractivity contribution in [3.63, 3.8) is 0 Å². The van der Waals surface area contributed by atoms with E-state index in [2.05, 4.69) is 0 Å². The smallest absolute Gasteiger partial charge is 0.288 e. The van der Waals surface area contributed by atoms with Crippen molar-refractivity contribution in [3.8, 4) is 5.75 Å². The van der Waals surface area contributed by atoms with Crippen molar-refractivity contribution in [2.75, 3.05) is 0 Å². The number of nitrogens with zero attached hydrogens (tertiary/aromatic N) is 3. The van der Waals surface area contributed by atoms with Gasteiger partial charge in [-0.25, -0.2) is 9.40 Å². The zero-order chi connectivity index (χ0) is 20.8. The lowest BCUT2D eigenvalue weighted by Crippen LogP contribution is -2.33. The number of para-hydroxylation sites is 1. The maximum atomic E-state index is 13.3.